The molecule has 2 unspecified atom stereocenters. The van der Waals surface area contributed by atoms with E-state index in [-0.39, 0.29) is 18.0 Å². The molecule has 1 saturated heterocycles. The smallest absolute Gasteiger partial charge is 0.239 e. The van der Waals surface area contributed by atoms with Gasteiger partial charge in [-0.2, -0.15) is 0 Å². The van der Waals surface area contributed by atoms with Crippen molar-refractivity contribution in [2.45, 2.75) is 32.4 Å². The molecule has 1 heterocycles. The number of hydrogen-bond acceptors (Lipinski definition) is 3. The molecule has 1 aliphatic rings. The van der Waals surface area contributed by atoms with Gasteiger partial charge in [-0.15, -0.1) is 0 Å². The molecule has 0 radical (unpaired) electrons. The van der Waals surface area contributed by atoms with E-state index in [1.807, 2.05) is 20.0 Å². The van der Waals surface area contributed by atoms with Crippen molar-refractivity contribution in [3.63, 3.8) is 0 Å². The lowest BCUT2D eigenvalue weighted by Gasteiger charge is -2.21. The number of rotatable bonds is 4. The number of likely N-dealkylation sites (tertiary alicyclic amines) is 1. The molecule has 19 heavy (non-hydrogen) atoms. The molecule has 2 atom stereocenters. The Morgan fingerprint density at radius 3 is 2.79 bits per heavy atom. The number of nitrogens with zero attached hydrogens (tertiary/aromatic N) is 1. The molecule has 1 amide bonds. The molecule has 1 aromatic carbocycles. The molecule has 4 heteroatoms. The molecular formula is C15H22N2O2. The lowest BCUT2D eigenvalue weighted by Crippen LogP contribution is -2.38. The van der Waals surface area contributed by atoms with Gasteiger partial charge in [0.25, 0.3) is 0 Å². The van der Waals surface area contributed by atoms with E-state index in [0.29, 0.717) is 0 Å². The molecule has 0 bridgehead atoms. The minimum Gasteiger partial charge on any atom is -0.496 e. The summed E-state index contributed by atoms with van der Waals surface area (Å²) in [5, 5.41) is 3.40. The van der Waals surface area contributed by atoms with Crippen LogP contribution >= 0.6 is 0 Å². The van der Waals surface area contributed by atoms with Crippen LogP contribution in [-0.4, -0.2) is 37.6 Å². The van der Waals surface area contributed by atoms with E-state index in [2.05, 4.69) is 24.4 Å². The Bertz CT molecular complexity index is 473. The molecule has 1 fully saturated rings. The van der Waals surface area contributed by atoms with Crippen molar-refractivity contribution in [2.75, 3.05) is 20.7 Å². The first kappa shape index (κ1) is 13.9. The van der Waals surface area contributed by atoms with Crippen LogP contribution in [0.25, 0.3) is 0 Å². The van der Waals surface area contributed by atoms with Gasteiger partial charge in [-0.05, 0) is 31.9 Å². The van der Waals surface area contributed by atoms with E-state index in [4.69, 9.17) is 4.74 Å². The molecule has 4 nitrogen and oxygen atoms in total. The van der Waals surface area contributed by atoms with Crippen LogP contribution in [0.15, 0.2) is 18.2 Å². The van der Waals surface area contributed by atoms with Crippen LogP contribution in [0.3, 0.4) is 0 Å². The first-order chi connectivity index (χ1) is 9.02. The predicted molar refractivity (Wildman–Crippen MR) is 75.3 cm³/mol. The van der Waals surface area contributed by atoms with E-state index >= 15 is 0 Å². The van der Waals surface area contributed by atoms with E-state index in [1.165, 1.54) is 5.56 Å². The molecule has 0 saturated carbocycles. The number of likely N-dealkylation sites (N-methyl/N-ethyl adjacent to an activating group) is 1. The van der Waals surface area contributed by atoms with Gasteiger partial charge in [0.1, 0.15) is 5.75 Å². The highest BCUT2D eigenvalue weighted by Crippen LogP contribution is 2.27. The van der Waals surface area contributed by atoms with Gasteiger partial charge in [-0.25, -0.2) is 0 Å². The highest BCUT2D eigenvalue weighted by Gasteiger charge is 2.30. The zero-order valence-electron chi connectivity index (χ0n) is 12.1. The second kappa shape index (κ2) is 5.61. The number of nitrogens with one attached hydrogen (secondary N) is 1. The number of methoxy groups -OCH3 is 1. The molecule has 1 N–H and O–H groups in total. The van der Waals surface area contributed by atoms with Gasteiger partial charge in [0.05, 0.1) is 13.2 Å². The summed E-state index contributed by atoms with van der Waals surface area (Å²) in [7, 11) is 3.53. The van der Waals surface area contributed by atoms with Crippen molar-refractivity contribution >= 4 is 5.91 Å². The summed E-state index contributed by atoms with van der Waals surface area (Å²) in [5.41, 5.74) is 2.26. The first-order valence-corrected chi connectivity index (χ1v) is 6.68. The molecule has 104 valence electrons. The monoisotopic (exact) mass is 262 g/mol. The quantitative estimate of drug-likeness (QED) is 0.901. The number of carbonyl (C=O) groups is 1. The van der Waals surface area contributed by atoms with Crippen LogP contribution in [0.5, 0.6) is 5.75 Å². The molecular weight excluding hydrogens is 240 g/mol. The van der Waals surface area contributed by atoms with Gasteiger partial charge >= 0.3 is 0 Å². The maximum absolute atomic E-state index is 11.9. The predicted octanol–water partition coefficient (Wildman–Crippen LogP) is 1.88. The van der Waals surface area contributed by atoms with Crippen molar-refractivity contribution in [3.05, 3.63) is 29.3 Å². The van der Waals surface area contributed by atoms with Gasteiger partial charge in [-0.3, -0.25) is 10.1 Å². The Kier molecular flexibility index (Phi) is 4.10. The molecule has 0 aromatic heterocycles. The van der Waals surface area contributed by atoms with Gasteiger partial charge in [-0.1, -0.05) is 12.1 Å². The summed E-state index contributed by atoms with van der Waals surface area (Å²) in [6, 6.07) is 6.17. The molecule has 1 aromatic rings. The second-order valence-electron chi connectivity index (χ2n) is 5.23. The van der Waals surface area contributed by atoms with Crippen LogP contribution in [0.2, 0.25) is 0 Å². The van der Waals surface area contributed by atoms with Crippen LogP contribution < -0.4 is 10.1 Å². The Hall–Kier alpha value is -1.55. The lowest BCUT2D eigenvalue weighted by molar-refractivity contribution is -0.128. The lowest BCUT2D eigenvalue weighted by atomic mass is 10.0. The highest BCUT2D eigenvalue weighted by atomic mass is 16.5. The second-order valence-corrected chi connectivity index (χ2v) is 5.23. The molecule has 0 spiro atoms. The van der Waals surface area contributed by atoms with Gasteiger partial charge in [0.2, 0.25) is 5.91 Å². The number of benzene rings is 1. The van der Waals surface area contributed by atoms with Gasteiger partial charge < -0.3 is 9.64 Å². The number of hydrogen-bond donors (Lipinski definition) is 1. The molecule has 0 aliphatic carbocycles. The van der Waals surface area contributed by atoms with Crippen LogP contribution in [0.4, 0.5) is 0 Å². The van der Waals surface area contributed by atoms with E-state index in [9.17, 15) is 4.79 Å². The van der Waals surface area contributed by atoms with Gasteiger partial charge in [0, 0.05) is 25.2 Å². The van der Waals surface area contributed by atoms with E-state index in [0.717, 1.165) is 24.3 Å². The Morgan fingerprint density at radius 1 is 1.47 bits per heavy atom. The third-order valence-electron chi connectivity index (χ3n) is 3.73. The topological polar surface area (TPSA) is 41.6 Å². The third kappa shape index (κ3) is 2.89. The number of carbonyl (C=O) groups excluding carboxylic acids is 1. The third-order valence-corrected chi connectivity index (χ3v) is 3.73. The largest absolute Gasteiger partial charge is 0.496 e. The van der Waals surface area contributed by atoms with E-state index < -0.39 is 0 Å². The normalized spacial score (nSPS) is 20.7. The van der Waals surface area contributed by atoms with Crippen molar-refractivity contribution in [1.29, 1.82) is 0 Å². The van der Waals surface area contributed by atoms with Crippen molar-refractivity contribution in [3.8, 4) is 5.75 Å². The maximum atomic E-state index is 11.9. The standard InChI is InChI=1S/C15H22N2O2/c1-10-5-6-12(14(9-10)19-4)11(2)16-13-7-8-17(3)15(13)18/h5-6,9,11,13,16H,7-8H2,1-4H3. The summed E-state index contributed by atoms with van der Waals surface area (Å²) < 4.78 is 5.42. The fraction of sp³-hybridized carbons (Fsp3) is 0.533. The zero-order chi connectivity index (χ0) is 14.0. The minimum atomic E-state index is -0.0778. The number of amides is 1. The summed E-state index contributed by atoms with van der Waals surface area (Å²) in [6.07, 6.45) is 0.869. The molecule has 2 rings (SSSR count). The average molecular weight is 262 g/mol. The SMILES string of the molecule is COc1cc(C)ccc1C(C)NC1CCN(C)C1=O. The average Bonchev–Trinajstić information content (AvgIpc) is 2.70. The van der Waals surface area contributed by atoms with Crippen molar-refractivity contribution < 1.29 is 9.53 Å². The number of ether oxygens (including phenoxy) is 1. The zero-order valence-corrected chi connectivity index (χ0v) is 12.1. The molecule has 1 aliphatic heterocycles. The summed E-state index contributed by atoms with van der Waals surface area (Å²) in [4.78, 5) is 13.7. The summed E-state index contributed by atoms with van der Waals surface area (Å²) in [5.74, 6) is 1.05. The van der Waals surface area contributed by atoms with Crippen molar-refractivity contribution in [2.24, 2.45) is 0 Å². The highest BCUT2D eigenvalue weighted by molar-refractivity contribution is 5.83. The fourth-order valence-electron chi connectivity index (χ4n) is 2.54. The number of aryl methyl sites for hydroxylation is 1. The first-order valence-electron chi connectivity index (χ1n) is 6.68. The van der Waals surface area contributed by atoms with Crippen molar-refractivity contribution in [1.82, 2.24) is 10.2 Å². The Balaban J connectivity index is 2.12. The Labute approximate surface area is 114 Å². The van der Waals surface area contributed by atoms with Gasteiger partial charge in [0.15, 0.2) is 0 Å². The van der Waals surface area contributed by atoms with Crippen LogP contribution in [0, 0.1) is 6.92 Å². The fourth-order valence-corrected chi connectivity index (χ4v) is 2.54. The van der Waals surface area contributed by atoms with Crippen LogP contribution in [0.1, 0.15) is 30.5 Å². The summed E-state index contributed by atoms with van der Waals surface area (Å²) >= 11 is 0. The van der Waals surface area contributed by atoms with E-state index in [1.54, 1.807) is 12.0 Å². The van der Waals surface area contributed by atoms with Crippen LogP contribution in [-0.2, 0) is 4.79 Å². The summed E-state index contributed by atoms with van der Waals surface area (Å²) in [6.45, 7) is 4.94. The minimum absolute atomic E-state index is 0.0778. The maximum Gasteiger partial charge on any atom is 0.239 e. The Morgan fingerprint density at radius 2 is 2.21 bits per heavy atom.